The third kappa shape index (κ3) is 4.78. The summed E-state index contributed by atoms with van der Waals surface area (Å²) in [4.78, 5) is 0. The van der Waals surface area contributed by atoms with Gasteiger partial charge in [0.2, 0.25) is 0 Å². The quantitative estimate of drug-likeness (QED) is 0.262. The van der Waals surface area contributed by atoms with E-state index in [4.69, 9.17) is 5.26 Å². The number of aryl methyl sites for hydroxylation is 1. The van der Waals surface area contributed by atoms with Gasteiger partial charge in [-0.25, -0.2) is 13.2 Å². The van der Waals surface area contributed by atoms with E-state index in [9.17, 15) is 8.78 Å². The zero-order valence-electron chi connectivity index (χ0n) is 18.5. The van der Waals surface area contributed by atoms with Crippen LogP contribution in [0.4, 0.5) is 13.2 Å². The summed E-state index contributed by atoms with van der Waals surface area (Å²) in [5, 5.41) is 10.3. The van der Waals surface area contributed by atoms with Gasteiger partial charge < -0.3 is 0 Å². The molecule has 0 spiro atoms. The second kappa shape index (κ2) is 9.92. The fraction of sp³-hybridized carbons (Fsp3) is 0.207. The molecule has 0 radical (unpaired) electrons. The molecule has 0 saturated carbocycles. The normalized spacial score (nSPS) is 11.0. The van der Waals surface area contributed by atoms with Crippen molar-refractivity contribution in [3.8, 4) is 28.3 Å². The third-order valence-electron chi connectivity index (χ3n) is 6.02. The Kier molecular flexibility index (Phi) is 6.79. The van der Waals surface area contributed by atoms with E-state index in [0.29, 0.717) is 27.6 Å². The van der Waals surface area contributed by atoms with Crippen molar-refractivity contribution < 1.29 is 13.2 Å². The number of benzene rings is 4. The second-order valence-electron chi connectivity index (χ2n) is 8.30. The molecule has 33 heavy (non-hydrogen) atoms. The molecule has 0 fully saturated rings. The van der Waals surface area contributed by atoms with Crippen LogP contribution in [-0.4, -0.2) is 0 Å². The van der Waals surface area contributed by atoms with Gasteiger partial charge in [0.15, 0.2) is 0 Å². The molecule has 1 nitrogen and oxygen atoms in total. The maximum Gasteiger partial charge on any atom is 0.144 e. The van der Waals surface area contributed by atoms with Crippen LogP contribution in [0.25, 0.3) is 33.0 Å². The lowest BCUT2D eigenvalue weighted by Gasteiger charge is -2.10. The van der Waals surface area contributed by atoms with Gasteiger partial charge in [-0.2, -0.15) is 5.26 Å². The third-order valence-corrected chi connectivity index (χ3v) is 6.02. The maximum absolute atomic E-state index is 15.3. The molecule has 4 aromatic carbocycles. The van der Waals surface area contributed by atoms with Gasteiger partial charge in [-0.3, -0.25) is 0 Å². The average molecular weight is 444 g/mol. The summed E-state index contributed by atoms with van der Waals surface area (Å²) < 4.78 is 43.2. The van der Waals surface area contributed by atoms with Crippen LogP contribution in [-0.2, 0) is 6.42 Å². The number of nitriles is 1. The van der Waals surface area contributed by atoms with Crippen molar-refractivity contribution in [2.24, 2.45) is 0 Å². The minimum absolute atomic E-state index is 0.284. The molecule has 4 aromatic rings. The Hall–Kier alpha value is -3.58. The number of rotatable bonds is 7. The van der Waals surface area contributed by atoms with Crippen LogP contribution < -0.4 is 0 Å². The molecule has 0 aliphatic carbocycles. The number of unbranched alkanes of at least 4 members (excludes halogenated alkanes) is 3. The van der Waals surface area contributed by atoms with Crippen molar-refractivity contribution in [1.82, 2.24) is 0 Å². The monoisotopic (exact) mass is 443 g/mol. The van der Waals surface area contributed by atoms with E-state index in [0.717, 1.165) is 30.4 Å². The van der Waals surface area contributed by atoms with Crippen molar-refractivity contribution in [1.29, 1.82) is 5.26 Å². The highest BCUT2D eigenvalue weighted by atomic mass is 19.1. The Morgan fingerprint density at radius 2 is 1.42 bits per heavy atom. The first-order valence-electron chi connectivity index (χ1n) is 11.2. The number of fused-ring (bicyclic) bond motifs is 1. The topological polar surface area (TPSA) is 23.8 Å². The molecular weight excluding hydrogens is 419 g/mol. The fourth-order valence-corrected chi connectivity index (χ4v) is 4.16. The molecule has 0 aliphatic heterocycles. The lowest BCUT2D eigenvalue weighted by atomic mass is 9.96. The predicted molar refractivity (Wildman–Crippen MR) is 127 cm³/mol. The van der Waals surface area contributed by atoms with Gasteiger partial charge in [-0.1, -0.05) is 80.8 Å². The predicted octanol–water partition coefficient (Wildman–Crippen LogP) is 8.59. The minimum Gasteiger partial charge on any atom is -0.206 e. The number of hydrogen-bond acceptors (Lipinski definition) is 1. The van der Waals surface area contributed by atoms with Crippen LogP contribution in [0.15, 0.2) is 66.7 Å². The van der Waals surface area contributed by atoms with Crippen LogP contribution in [0.2, 0.25) is 0 Å². The standard InChI is InChI=1S/C29H24F3N/c1-2-3-4-5-6-19-7-13-25-22(15-19)12-14-24(29(25)32)21-10-8-20(9-11-21)23-16-27(30)26(18-33)28(31)17-23/h7-17H,2-6H2,1H3. The van der Waals surface area contributed by atoms with Gasteiger partial charge in [0.1, 0.15) is 29.1 Å². The molecule has 0 atom stereocenters. The Morgan fingerprint density at radius 3 is 2.09 bits per heavy atom. The fourth-order valence-electron chi connectivity index (χ4n) is 4.16. The number of hydrogen-bond donors (Lipinski definition) is 0. The Balaban J connectivity index is 1.60. The van der Waals surface area contributed by atoms with Crippen molar-refractivity contribution in [3.05, 3.63) is 95.3 Å². The zero-order valence-corrected chi connectivity index (χ0v) is 18.5. The molecule has 166 valence electrons. The summed E-state index contributed by atoms with van der Waals surface area (Å²) in [6.07, 6.45) is 5.78. The molecule has 0 aliphatic rings. The van der Waals surface area contributed by atoms with E-state index in [1.54, 1.807) is 30.3 Å². The smallest absolute Gasteiger partial charge is 0.144 e. The molecule has 4 heteroatoms. The zero-order chi connectivity index (χ0) is 23.4. The highest BCUT2D eigenvalue weighted by molar-refractivity contribution is 5.89. The van der Waals surface area contributed by atoms with Gasteiger partial charge in [0.25, 0.3) is 0 Å². The minimum atomic E-state index is -0.901. The summed E-state index contributed by atoms with van der Waals surface area (Å²) in [6, 6.07) is 20.2. The van der Waals surface area contributed by atoms with Crippen LogP contribution in [0.1, 0.15) is 43.7 Å². The molecule has 0 N–H and O–H groups in total. The first-order valence-corrected chi connectivity index (χ1v) is 11.2. The van der Waals surface area contributed by atoms with Gasteiger partial charge in [-0.05, 0) is 52.6 Å². The maximum atomic E-state index is 15.3. The van der Waals surface area contributed by atoms with Crippen LogP contribution in [0.3, 0.4) is 0 Å². The summed E-state index contributed by atoms with van der Waals surface area (Å²) in [5.41, 5.74) is 2.67. The van der Waals surface area contributed by atoms with E-state index in [2.05, 4.69) is 13.0 Å². The van der Waals surface area contributed by atoms with Crippen molar-refractivity contribution >= 4 is 10.8 Å². The highest BCUT2D eigenvalue weighted by Crippen LogP contribution is 2.32. The number of nitrogens with zero attached hydrogens (tertiary/aromatic N) is 1. The summed E-state index contributed by atoms with van der Waals surface area (Å²) in [6.45, 7) is 2.19. The van der Waals surface area contributed by atoms with E-state index >= 15 is 4.39 Å². The van der Waals surface area contributed by atoms with Gasteiger partial charge in [-0.15, -0.1) is 0 Å². The lowest BCUT2D eigenvalue weighted by Crippen LogP contribution is -1.92. The average Bonchev–Trinajstić information content (AvgIpc) is 2.82. The van der Waals surface area contributed by atoms with Crippen LogP contribution in [0, 0.1) is 28.8 Å². The van der Waals surface area contributed by atoms with Gasteiger partial charge in [0, 0.05) is 10.9 Å². The highest BCUT2D eigenvalue weighted by Gasteiger charge is 2.13. The van der Waals surface area contributed by atoms with Crippen LogP contribution in [0.5, 0.6) is 0 Å². The summed E-state index contributed by atoms with van der Waals surface area (Å²) >= 11 is 0. The molecular formula is C29H24F3N. The largest absolute Gasteiger partial charge is 0.206 e. The van der Waals surface area contributed by atoms with E-state index in [1.807, 2.05) is 18.2 Å². The van der Waals surface area contributed by atoms with Crippen LogP contribution >= 0.6 is 0 Å². The van der Waals surface area contributed by atoms with Crippen molar-refractivity contribution in [3.63, 3.8) is 0 Å². The summed E-state index contributed by atoms with van der Waals surface area (Å²) in [5.74, 6) is -2.09. The molecule has 0 amide bonds. The molecule has 0 unspecified atom stereocenters. The molecule has 4 rings (SSSR count). The molecule has 0 heterocycles. The lowest BCUT2D eigenvalue weighted by molar-refractivity contribution is 0.577. The Labute approximate surface area is 192 Å². The molecule has 0 bridgehead atoms. The molecule has 0 aromatic heterocycles. The Bertz CT molecular complexity index is 1310. The summed E-state index contributed by atoms with van der Waals surface area (Å²) in [7, 11) is 0. The van der Waals surface area contributed by atoms with E-state index in [1.165, 1.54) is 30.9 Å². The first kappa shape index (κ1) is 22.6. The van der Waals surface area contributed by atoms with E-state index < -0.39 is 17.2 Å². The van der Waals surface area contributed by atoms with Crippen molar-refractivity contribution in [2.45, 2.75) is 39.0 Å². The second-order valence-corrected chi connectivity index (χ2v) is 8.30. The SMILES string of the molecule is CCCCCCc1ccc2c(F)c(-c3ccc(-c4cc(F)c(C#N)c(F)c4)cc3)ccc2c1. The van der Waals surface area contributed by atoms with E-state index in [-0.39, 0.29) is 5.82 Å². The number of halogens is 3. The van der Waals surface area contributed by atoms with Gasteiger partial charge in [0.05, 0.1) is 0 Å². The molecule has 0 saturated heterocycles. The van der Waals surface area contributed by atoms with Gasteiger partial charge >= 0.3 is 0 Å². The Morgan fingerprint density at radius 1 is 0.727 bits per heavy atom. The van der Waals surface area contributed by atoms with Crippen molar-refractivity contribution in [2.75, 3.05) is 0 Å². The first-order chi connectivity index (χ1) is 16.0.